The van der Waals surface area contributed by atoms with Crippen LogP contribution in [0.5, 0.6) is 11.5 Å². The molecule has 1 aliphatic carbocycles. The Bertz CT molecular complexity index is 1240. The second-order valence-electron chi connectivity index (χ2n) is 8.02. The molecule has 0 amide bonds. The summed E-state index contributed by atoms with van der Waals surface area (Å²) in [5, 5.41) is 25.0. The summed E-state index contributed by atoms with van der Waals surface area (Å²) in [6.07, 6.45) is -2.28. The van der Waals surface area contributed by atoms with Crippen molar-refractivity contribution in [3.8, 4) is 11.5 Å². The van der Waals surface area contributed by atoms with E-state index in [9.17, 15) is 24.6 Å². The van der Waals surface area contributed by atoms with Crippen LogP contribution in [-0.4, -0.2) is 52.3 Å². The van der Waals surface area contributed by atoms with Crippen molar-refractivity contribution < 1.29 is 38.8 Å². The number of carbonyl (C=O) groups is 3. The van der Waals surface area contributed by atoms with Crippen LogP contribution < -0.4 is 0 Å². The van der Waals surface area contributed by atoms with Crippen LogP contribution in [0, 0.1) is 0 Å². The number of carbonyl (C=O) groups excluding carboxylic acids is 3. The van der Waals surface area contributed by atoms with E-state index in [1.807, 2.05) is 0 Å². The highest BCUT2D eigenvalue weighted by Crippen LogP contribution is 2.40. The van der Waals surface area contributed by atoms with E-state index in [0.29, 0.717) is 0 Å². The van der Waals surface area contributed by atoms with Crippen molar-refractivity contribution in [3.05, 3.63) is 68.6 Å². The Hall–Kier alpha value is -3.92. The van der Waals surface area contributed by atoms with Gasteiger partial charge in [-0.2, -0.15) is 0 Å². The lowest BCUT2D eigenvalue weighted by atomic mass is 9.82. The second kappa shape index (κ2) is 9.14. The summed E-state index contributed by atoms with van der Waals surface area (Å²) in [5.74, 6) is -2.64. The fourth-order valence-electron chi connectivity index (χ4n) is 4.27. The maximum absolute atomic E-state index is 13.0. The van der Waals surface area contributed by atoms with Crippen molar-refractivity contribution in [2.75, 3.05) is 0 Å². The summed E-state index contributed by atoms with van der Waals surface area (Å²) in [5.41, 5.74) is 8.65. The van der Waals surface area contributed by atoms with E-state index in [2.05, 4.69) is 10.0 Å². The highest BCUT2D eigenvalue weighted by molar-refractivity contribution is 6.30. The fourth-order valence-corrected chi connectivity index (χ4v) is 4.27. The highest BCUT2D eigenvalue weighted by Gasteiger charge is 2.39. The molecule has 0 aromatic heterocycles. The number of nitrogens with zero attached hydrogens (tertiary/aromatic N) is 3. The summed E-state index contributed by atoms with van der Waals surface area (Å²) in [4.78, 5) is 40.0. The monoisotopic (exact) mass is 467 g/mol. The van der Waals surface area contributed by atoms with Crippen molar-refractivity contribution in [1.29, 1.82) is 0 Å². The average molecular weight is 467 g/mol. The Morgan fingerprint density at radius 3 is 2.47 bits per heavy atom. The summed E-state index contributed by atoms with van der Waals surface area (Å²) in [6, 6.07) is 6.58. The molecular weight excluding hydrogens is 446 g/mol. The van der Waals surface area contributed by atoms with Crippen molar-refractivity contribution in [1.82, 2.24) is 0 Å². The molecule has 0 radical (unpaired) electrons. The van der Waals surface area contributed by atoms with Crippen LogP contribution >= 0.6 is 0 Å². The number of hydrogen-bond donors (Lipinski definition) is 2. The molecule has 1 fully saturated rings. The molecule has 0 bridgehead atoms. The fraction of sp³-hybridized carbons (Fsp3) is 0.348. The Kier molecular flexibility index (Phi) is 6.25. The van der Waals surface area contributed by atoms with Gasteiger partial charge in [-0.05, 0) is 18.5 Å². The number of hydrogen-bond acceptors (Lipinski definition) is 9. The Morgan fingerprint density at radius 1 is 1.21 bits per heavy atom. The van der Waals surface area contributed by atoms with E-state index in [1.54, 1.807) is 19.1 Å². The number of fused-ring (bicyclic) bond motifs is 2. The number of ketones is 2. The zero-order valence-electron chi connectivity index (χ0n) is 18.3. The maximum atomic E-state index is 13.0. The minimum atomic E-state index is -0.895. The summed E-state index contributed by atoms with van der Waals surface area (Å²) < 4.78 is 16.6. The summed E-state index contributed by atoms with van der Waals surface area (Å²) in [6.45, 7) is 2.58. The molecule has 1 saturated heterocycles. The number of azide groups is 1. The van der Waals surface area contributed by atoms with E-state index < -0.39 is 53.6 Å². The first-order chi connectivity index (χ1) is 16.2. The number of esters is 1. The van der Waals surface area contributed by atoms with Crippen molar-refractivity contribution >= 4 is 17.5 Å². The molecular formula is C23H21N3O8. The number of benzene rings is 2. The predicted molar refractivity (Wildman–Crippen MR) is 115 cm³/mol. The minimum absolute atomic E-state index is 0.0643. The number of phenols is 2. The molecule has 11 heteroatoms. The average Bonchev–Trinajstić information content (AvgIpc) is 2.80. The van der Waals surface area contributed by atoms with Crippen LogP contribution in [0.4, 0.5) is 0 Å². The topological polar surface area (TPSA) is 168 Å². The van der Waals surface area contributed by atoms with E-state index in [4.69, 9.17) is 19.7 Å². The van der Waals surface area contributed by atoms with E-state index in [0.717, 1.165) is 6.07 Å². The van der Waals surface area contributed by atoms with Crippen molar-refractivity contribution in [3.63, 3.8) is 0 Å². The van der Waals surface area contributed by atoms with Gasteiger partial charge in [0.05, 0.1) is 29.9 Å². The number of rotatable bonds is 5. The molecule has 1 aliphatic heterocycles. The van der Waals surface area contributed by atoms with Gasteiger partial charge < -0.3 is 24.4 Å². The smallest absolute Gasteiger partial charge is 0.303 e. The standard InChI is InChI=1S/C23H21N3O8/c1-10-23(34-11(2)27)15(25-26-24)8-17(33-10)32-9-12-7-16(28)18-19(20(12)29)22(31)14-6-4-3-5-13(14)21(18)30/h3-7,10,15,17,23,28-29H,8-9H2,1-2H3/t10-,15+,17+,23-/m0/s1. The molecule has 34 heavy (non-hydrogen) atoms. The van der Waals surface area contributed by atoms with Gasteiger partial charge in [0, 0.05) is 34.9 Å². The first kappa shape index (κ1) is 23.2. The van der Waals surface area contributed by atoms with Crippen LogP contribution in [0.2, 0.25) is 0 Å². The van der Waals surface area contributed by atoms with E-state index >= 15 is 0 Å². The highest BCUT2D eigenvalue weighted by atomic mass is 16.7. The first-order valence-electron chi connectivity index (χ1n) is 10.5. The normalized spacial score (nSPS) is 23.5. The largest absolute Gasteiger partial charge is 0.507 e. The molecule has 2 aliphatic rings. The van der Waals surface area contributed by atoms with Crippen molar-refractivity contribution in [2.45, 2.75) is 51.4 Å². The number of aromatic hydroxyl groups is 2. The lowest BCUT2D eigenvalue weighted by Gasteiger charge is -2.37. The van der Waals surface area contributed by atoms with E-state index in [1.165, 1.54) is 19.1 Å². The van der Waals surface area contributed by atoms with Crippen LogP contribution in [0.3, 0.4) is 0 Å². The van der Waals surface area contributed by atoms with Crippen LogP contribution in [0.15, 0.2) is 35.4 Å². The van der Waals surface area contributed by atoms with Crippen LogP contribution in [-0.2, 0) is 25.6 Å². The summed E-state index contributed by atoms with van der Waals surface area (Å²) >= 11 is 0. The molecule has 11 nitrogen and oxygen atoms in total. The lowest BCUT2D eigenvalue weighted by Crippen LogP contribution is -2.48. The van der Waals surface area contributed by atoms with E-state index in [-0.39, 0.29) is 40.8 Å². The maximum Gasteiger partial charge on any atom is 0.303 e. The quantitative estimate of drug-likeness (QED) is 0.190. The lowest BCUT2D eigenvalue weighted by molar-refractivity contribution is -0.233. The zero-order chi connectivity index (χ0) is 24.6. The number of phenolic OH excluding ortho intramolecular Hbond substituents is 2. The number of ether oxygens (including phenoxy) is 3. The molecule has 0 saturated carbocycles. The Morgan fingerprint density at radius 2 is 1.85 bits per heavy atom. The molecule has 2 aromatic rings. The SMILES string of the molecule is CC(=O)O[C@H]1[C@H](C)O[C@@H](OCc2cc(O)c3c(c2O)C(=O)c2ccccc2C3=O)C[C@H]1N=[N+]=[N-]. The minimum Gasteiger partial charge on any atom is -0.507 e. The molecule has 2 aromatic carbocycles. The van der Waals surface area contributed by atoms with Gasteiger partial charge in [0.15, 0.2) is 17.9 Å². The molecule has 1 heterocycles. The van der Waals surface area contributed by atoms with Gasteiger partial charge in [0.2, 0.25) is 0 Å². The van der Waals surface area contributed by atoms with Gasteiger partial charge in [-0.3, -0.25) is 14.4 Å². The van der Waals surface area contributed by atoms with Crippen LogP contribution in [0.1, 0.15) is 57.7 Å². The van der Waals surface area contributed by atoms with Gasteiger partial charge in [-0.25, -0.2) is 0 Å². The molecule has 0 unspecified atom stereocenters. The van der Waals surface area contributed by atoms with Gasteiger partial charge >= 0.3 is 5.97 Å². The molecule has 4 atom stereocenters. The Labute approximate surface area is 193 Å². The third kappa shape index (κ3) is 4.08. The first-order valence-corrected chi connectivity index (χ1v) is 10.5. The molecule has 2 N–H and O–H groups in total. The third-order valence-corrected chi connectivity index (χ3v) is 5.80. The molecule has 0 spiro atoms. The van der Waals surface area contributed by atoms with Gasteiger partial charge in [0.1, 0.15) is 17.6 Å². The van der Waals surface area contributed by atoms with Crippen LogP contribution in [0.25, 0.3) is 10.4 Å². The van der Waals surface area contributed by atoms with Gasteiger partial charge in [-0.1, -0.05) is 29.4 Å². The second-order valence-corrected chi connectivity index (χ2v) is 8.02. The van der Waals surface area contributed by atoms with Crippen molar-refractivity contribution in [2.24, 2.45) is 5.11 Å². The third-order valence-electron chi connectivity index (χ3n) is 5.80. The van der Waals surface area contributed by atoms with Gasteiger partial charge in [0.25, 0.3) is 0 Å². The Balaban J connectivity index is 1.57. The van der Waals surface area contributed by atoms with Gasteiger partial charge in [-0.15, -0.1) is 0 Å². The zero-order valence-corrected chi connectivity index (χ0v) is 18.3. The molecule has 4 rings (SSSR count). The molecule has 176 valence electrons. The predicted octanol–water partition coefficient (Wildman–Crippen LogP) is 3.14. The summed E-state index contributed by atoms with van der Waals surface area (Å²) in [7, 11) is 0.